The highest BCUT2D eigenvalue weighted by atomic mass is 32.2. The fraction of sp³-hybridized carbons (Fsp3) is 0.550. The summed E-state index contributed by atoms with van der Waals surface area (Å²) in [6.45, 7) is 7.83. The van der Waals surface area contributed by atoms with E-state index in [0.717, 1.165) is 23.7 Å². The Kier molecular flexibility index (Phi) is 6.07. The Morgan fingerprint density at radius 3 is 2.52 bits per heavy atom. The molecule has 2 aromatic rings. The van der Waals surface area contributed by atoms with Gasteiger partial charge in [0.1, 0.15) is 12.0 Å². The van der Waals surface area contributed by atoms with Crippen molar-refractivity contribution in [2.24, 2.45) is 5.92 Å². The molecule has 0 unspecified atom stereocenters. The van der Waals surface area contributed by atoms with Crippen LogP contribution in [0, 0.1) is 5.92 Å². The summed E-state index contributed by atoms with van der Waals surface area (Å²) in [5.74, 6) is 0.775. The topological polar surface area (TPSA) is 50.1 Å². The average Bonchev–Trinajstić information content (AvgIpc) is 3.05. The minimum Gasteiger partial charge on any atom is -0.432 e. The Morgan fingerprint density at radius 1 is 1.12 bits per heavy atom. The lowest BCUT2D eigenvalue weighted by Gasteiger charge is -2.29. The number of hydrogen-bond acceptors (Lipinski definition) is 5. The van der Waals surface area contributed by atoms with Gasteiger partial charge in [0, 0.05) is 22.9 Å². The van der Waals surface area contributed by atoms with Crippen LogP contribution in [0.1, 0.15) is 46.5 Å². The van der Waals surface area contributed by atoms with Crippen molar-refractivity contribution < 1.29 is 4.42 Å². The van der Waals surface area contributed by atoms with Crippen LogP contribution in [0.4, 0.5) is 6.01 Å². The Bertz CT molecular complexity index is 642. The van der Waals surface area contributed by atoms with Gasteiger partial charge in [0.15, 0.2) is 0 Å². The molecule has 0 atom stereocenters. The predicted molar refractivity (Wildman–Crippen MR) is 107 cm³/mol. The van der Waals surface area contributed by atoms with Gasteiger partial charge in [-0.25, -0.2) is 0 Å². The maximum absolute atomic E-state index is 5.61. The third kappa shape index (κ3) is 5.79. The van der Waals surface area contributed by atoms with Crippen LogP contribution in [0.5, 0.6) is 0 Å². The van der Waals surface area contributed by atoms with Crippen LogP contribution in [0.25, 0.3) is 11.3 Å². The van der Waals surface area contributed by atoms with Crippen LogP contribution in [0.2, 0.25) is 0 Å². The predicted octanol–water partition coefficient (Wildman–Crippen LogP) is 5.35. The van der Waals surface area contributed by atoms with Crippen molar-refractivity contribution in [1.29, 1.82) is 0 Å². The van der Waals surface area contributed by atoms with Crippen LogP contribution in [0.15, 0.2) is 41.0 Å². The Labute approximate surface area is 155 Å². The van der Waals surface area contributed by atoms with Gasteiger partial charge in [-0.05, 0) is 52.4 Å². The highest BCUT2D eigenvalue weighted by Gasteiger charge is 2.23. The number of nitrogens with one attached hydrogen (secondary N) is 2. The molecule has 5 heteroatoms. The van der Waals surface area contributed by atoms with Gasteiger partial charge in [-0.1, -0.05) is 42.3 Å². The van der Waals surface area contributed by atoms with E-state index in [0.29, 0.717) is 12.1 Å². The molecule has 25 heavy (non-hydrogen) atoms. The smallest absolute Gasteiger partial charge is 0.295 e. The number of anilines is 1. The van der Waals surface area contributed by atoms with Crippen molar-refractivity contribution in [3.8, 4) is 11.3 Å². The lowest BCUT2D eigenvalue weighted by atomic mass is 9.86. The molecule has 1 aromatic carbocycles. The molecule has 0 radical (unpaired) electrons. The highest BCUT2D eigenvalue weighted by Crippen LogP contribution is 2.28. The summed E-state index contributed by atoms with van der Waals surface area (Å²) in [7, 11) is 0. The van der Waals surface area contributed by atoms with Gasteiger partial charge >= 0.3 is 0 Å². The van der Waals surface area contributed by atoms with Gasteiger partial charge < -0.3 is 9.73 Å². The van der Waals surface area contributed by atoms with Crippen LogP contribution in [-0.2, 0) is 0 Å². The van der Waals surface area contributed by atoms with Gasteiger partial charge in [0.25, 0.3) is 6.01 Å². The van der Waals surface area contributed by atoms with E-state index in [1.165, 1.54) is 25.7 Å². The van der Waals surface area contributed by atoms with E-state index in [4.69, 9.17) is 4.42 Å². The SMILES string of the molecule is CC(C)(C)SNCC1CCC(Nc2nc(-c3ccccc3)co2)CC1. The molecule has 0 spiro atoms. The molecule has 0 bridgehead atoms. The number of benzene rings is 1. The van der Waals surface area contributed by atoms with Crippen LogP contribution >= 0.6 is 11.9 Å². The molecule has 1 aliphatic carbocycles. The van der Waals surface area contributed by atoms with Gasteiger partial charge in [-0.2, -0.15) is 4.98 Å². The second kappa shape index (κ2) is 8.28. The third-order valence-electron chi connectivity index (χ3n) is 4.50. The number of rotatable bonds is 6. The summed E-state index contributed by atoms with van der Waals surface area (Å²) >= 11 is 1.84. The molecule has 136 valence electrons. The number of aromatic nitrogens is 1. The van der Waals surface area contributed by atoms with Crippen molar-refractivity contribution in [2.45, 2.75) is 57.2 Å². The molecule has 1 fully saturated rings. The van der Waals surface area contributed by atoms with Crippen molar-refractivity contribution in [3.05, 3.63) is 36.6 Å². The van der Waals surface area contributed by atoms with E-state index >= 15 is 0 Å². The van der Waals surface area contributed by atoms with Crippen LogP contribution in [-0.4, -0.2) is 22.3 Å². The molecule has 1 aliphatic rings. The number of hydrogen-bond donors (Lipinski definition) is 2. The molecule has 1 heterocycles. The molecule has 0 aliphatic heterocycles. The maximum atomic E-state index is 5.61. The Morgan fingerprint density at radius 2 is 1.84 bits per heavy atom. The van der Waals surface area contributed by atoms with E-state index in [1.807, 2.05) is 30.1 Å². The number of oxazole rings is 1. The van der Waals surface area contributed by atoms with Gasteiger partial charge in [-0.3, -0.25) is 4.72 Å². The zero-order valence-corrected chi connectivity index (χ0v) is 16.2. The van der Waals surface area contributed by atoms with E-state index in [9.17, 15) is 0 Å². The highest BCUT2D eigenvalue weighted by molar-refractivity contribution is 7.98. The summed E-state index contributed by atoms with van der Waals surface area (Å²) in [4.78, 5) is 4.58. The normalized spacial score (nSPS) is 21.2. The summed E-state index contributed by atoms with van der Waals surface area (Å²) in [6.07, 6.45) is 6.59. The van der Waals surface area contributed by atoms with Crippen LogP contribution < -0.4 is 10.0 Å². The average molecular weight is 360 g/mol. The minimum absolute atomic E-state index is 0.278. The zero-order valence-electron chi connectivity index (χ0n) is 15.4. The van der Waals surface area contributed by atoms with E-state index in [2.05, 4.69) is 47.9 Å². The van der Waals surface area contributed by atoms with E-state index < -0.39 is 0 Å². The fourth-order valence-corrected chi connectivity index (χ4v) is 3.90. The van der Waals surface area contributed by atoms with Gasteiger partial charge in [0.05, 0.1) is 0 Å². The summed E-state index contributed by atoms with van der Waals surface area (Å²) < 4.78 is 9.44. The third-order valence-corrected chi connectivity index (χ3v) is 5.42. The Balaban J connectivity index is 1.43. The molecule has 1 saturated carbocycles. The molecule has 2 N–H and O–H groups in total. The second-order valence-corrected chi connectivity index (χ2v) is 9.55. The molecule has 0 saturated heterocycles. The second-order valence-electron chi connectivity index (χ2n) is 7.83. The maximum Gasteiger partial charge on any atom is 0.295 e. The molecular formula is C20H29N3OS. The Hall–Kier alpha value is -1.46. The van der Waals surface area contributed by atoms with E-state index in [-0.39, 0.29) is 4.75 Å². The first-order chi connectivity index (χ1) is 12.0. The van der Waals surface area contributed by atoms with Crippen molar-refractivity contribution in [3.63, 3.8) is 0 Å². The standard InChI is InChI=1S/C20H29N3OS/c1-20(2,3)25-21-13-15-9-11-17(12-10-15)22-19-23-18(14-24-19)16-7-5-4-6-8-16/h4-8,14-15,17,21H,9-13H2,1-3H3,(H,22,23). The quantitative estimate of drug-likeness (QED) is 0.681. The minimum atomic E-state index is 0.278. The fourth-order valence-electron chi connectivity index (χ4n) is 3.14. The van der Waals surface area contributed by atoms with E-state index in [1.54, 1.807) is 6.26 Å². The first kappa shape index (κ1) is 18.3. The molecule has 3 rings (SSSR count). The van der Waals surface area contributed by atoms with Crippen molar-refractivity contribution in [1.82, 2.24) is 9.71 Å². The molecule has 1 aromatic heterocycles. The van der Waals surface area contributed by atoms with Crippen molar-refractivity contribution >= 4 is 18.0 Å². The number of nitrogens with zero attached hydrogens (tertiary/aromatic N) is 1. The molecule has 0 amide bonds. The summed E-state index contributed by atoms with van der Waals surface area (Å²) in [5.41, 5.74) is 1.98. The van der Waals surface area contributed by atoms with Gasteiger partial charge in [0.2, 0.25) is 0 Å². The van der Waals surface area contributed by atoms with Crippen LogP contribution in [0.3, 0.4) is 0 Å². The first-order valence-electron chi connectivity index (χ1n) is 9.18. The van der Waals surface area contributed by atoms with Gasteiger partial charge in [-0.15, -0.1) is 0 Å². The monoisotopic (exact) mass is 359 g/mol. The first-order valence-corrected chi connectivity index (χ1v) is 9.99. The summed E-state index contributed by atoms with van der Waals surface area (Å²) in [5, 5.41) is 3.47. The lowest BCUT2D eigenvalue weighted by Crippen LogP contribution is -2.30. The van der Waals surface area contributed by atoms with Crippen molar-refractivity contribution in [2.75, 3.05) is 11.9 Å². The summed E-state index contributed by atoms with van der Waals surface area (Å²) in [6, 6.07) is 11.3. The molecule has 4 nitrogen and oxygen atoms in total. The largest absolute Gasteiger partial charge is 0.432 e. The lowest BCUT2D eigenvalue weighted by molar-refractivity contribution is 0.335. The zero-order chi connectivity index (χ0) is 17.7. The molecular weight excluding hydrogens is 330 g/mol.